The maximum atomic E-state index is 14.3. The van der Waals surface area contributed by atoms with Crippen LogP contribution in [0.1, 0.15) is 0 Å². The van der Waals surface area contributed by atoms with Crippen LogP contribution in [-0.4, -0.2) is 9.97 Å². The molecule has 0 spiro atoms. The monoisotopic (exact) mass is 348 g/mol. The Morgan fingerprint density at radius 2 is 1.52 bits per heavy atom. The van der Waals surface area contributed by atoms with Gasteiger partial charge in [-0.2, -0.15) is 4.98 Å². The zero-order chi connectivity index (χ0) is 16.4. The van der Waals surface area contributed by atoms with Gasteiger partial charge in [0.05, 0.1) is 6.20 Å². The molecule has 7 heteroatoms. The lowest BCUT2D eigenvalue weighted by Gasteiger charge is -2.24. The third-order valence-corrected chi connectivity index (χ3v) is 3.56. The molecule has 0 amide bonds. The third-order valence-electron chi connectivity index (χ3n) is 3.09. The summed E-state index contributed by atoms with van der Waals surface area (Å²) in [6.07, 6.45) is 1.03. The lowest BCUT2D eigenvalue weighted by atomic mass is 10.2. The fourth-order valence-corrected chi connectivity index (χ4v) is 2.52. The lowest BCUT2D eigenvalue weighted by Crippen LogP contribution is -2.15. The Bertz CT molecular complexity index is 811. The molecule has 0 radical (unpaired) electrons. The number of anilines is 4. The molecule has 0 saturated carbocycles. The van der Waals surface area contributed by atoms with Gasteiger partial charge in [0.25, 0.3) is 0 Å². The van der Waals surface area contributed by atoms with Crippen molar-refractivity contribution in [1.82, 2.24) is 9.97 Å². The molecular weight excluding hydrogens is 338 g/mol. The van der Waals surface area contributed by atoms with Gasteiger partial charge in [-0.15, -0.1) is 0 Å². The number of nitrogen functional groups attached to an aromatic ring is 1. The summed E-state index contributed by atoms with van der Waals surface area (Å²) in [4.78, 5) is 9.25. The van der Waals surface area contributed by atoms with Gasteiger partial charge in [0.2, 0.25) is 5.95 Å². The zero-order valence-electron chi connectivity index (χ0n) is 11.7. The normalized spacial score (nSPS) is 10.6. The van der Waals surface area contributed by atoms with Crippen molar-refractivity contribution in [1.29, 1.82) is 0 Å². The highest BCUT2D eigenvalue weighted by Gasteiger charge is 2.19. The topological polar surface area (TPSA) is 55.0 Å². The molecule has 116 valence electrons. The van der Waals surface area contributed by atoms with E-state index < -0.39 is 5.82 Å². The van der Waals surface area contributed by atoms with Crippen LogP contribution >= 0.6 is 23.2 Å². The molecule has 1 aromatic heterocycles. The number of nitrogens with two attached hydrogens (primary N) is 1. The van der Waals surface area contributed by atoms with Crippen LogP contribution in [0.5, 0.6) is 0 Å². The van der Waals surface area contributed by atoms with Crippen LogP contribution in [0.25, 0.3) is 0 Å². The lowest BCUT2D eigenvalue weighted by molar-refractivity contribution is 0.616. The van der Waals surface area contributed by atoms with Crippen LogP contribution in [0, 0.1) is 5.82 Å². The predicted molar refractivity (Wildman–Crippen MR) is 91.1 cm³/mol. The van der Waals surface area contributed by atoms with Crippen molar-refractivity contribution >= 4 is 46.3 Å². The van der Waals surface area contributed by atoms with Crippen molar-refractivity contribution in [2.24, 2.45) is 0 Å². The molecule has 0 aliphatic carbocycles. The van der Waals surface area contributed by atoms with E-state index in [-0.39, 0.29) is 11.8 Å². The van der Waals surface area contributed by atoms with Crippen LogP contribution in [0.4, 0.5) is 27.5 Å². The molecule has 23 heavy (non-hydrogen) atoms. The van der Waals surface area contributed by atoms with Gasteiger partial charge < -0.3 is 5.73 Å². The fraction of sp³-hybridized carbons (Fsp3) is 0. The molecule has 3 rings (SSSR count). The van der Waals surface area contributed by atoms with Gasteiger partial charge in [-0.3, -0.25) is 4.90 Å². The average molecular weight is 349 g/mol. The SMILES string of the molecule is Nc1ncc(F)c(N(c2cccc(Cl)c2)c2cccc(Cl)c2)n1. The number of halogens is 3. The summed E-state index contributed by atoms with van der Waals surface area (Å²) in [5.74, 6) is -0.628. The highest BCUT2D eigenvalue weighted by molar-refractivity contribution is 6.31. The van der Waals surface area contributed by atoms with Gasteiger partial charge in [0.1, 0.15) is 0 Å². The molecule has 0 unspecified atom stereocenters. The highest BCUT2D eigenvalue weighted by Crippen LogP contribution is 2.36. The van der Waals surface area contributed by atoms with E-state index in [4.69, 9.17) is 28.9 Å². The number of nitrogens with zero attached hydrogens (tertiary/aromatic N) is 3. The number of aromatic nitrogens is 2. The molecule has 0 bridgehead atoms. The molecular formula is C16H11Cl2FN4. The molecule has 0 aliphatic rings. The summed E-state index contributed by atoms with van der Waals surface area (Å²) in [7, 11) is 0. The summed E-state index contributed by atoms with van der Waals surface area (Å²) in [5, 5.41) is 1.02. The van der Waals surface area contributed by atoms with E-state index in [2.05, 4.69) is 9.97 Å². The van der Waals surface area contributed by atoms with Gasteiger partial charge in [-0.1, -0.05) is 35.3 Å². The van der Waals surface area contributed by atoms with Crippen LogP contribution in [-0.2, 0) is 0 Å². The van der Waals surface area contributed by atoms with Crippen molar-refractivity contribution in [3.8, 4) is 0 Å². The van der Waals surface area contributed by atoms with Crippen molar-refractivity contribution in [2.45, 2.75) is 0 Å². The standard InChI is InChI=1S/C16H11Cl2FN4/c17-10-3-1-5-12(7-10)23(13-6-2-4-11(18)8-13)15-14(19)9-21-16(20)22-15/h1-9H,(H2,20,21,22). The highest BCUT2D eigenvalue weighted by atomic mass is 35.5. The maximum absolute atomic E-state index is 14.3. The number of hydrogen-bond acceptors (Lipinski definition) is 4. The van der Waals surface area contributed by atoms with E-state index in [1.54, 1.807) is 53.4 Å². The van der Waals surface area contributed by atoms with Crippen LogP contribution in [0.15, 0.2) is 54.7 Å². The minimum atomic E-state index is -0.612. The number of rotatable bonds is 3. The number of benzene rings is 2. The minimum absolute atomic E-state index is 0.0158. The Hall–Kier alpha value is -2.37. The largest absolute Gasteiger partial charge is 0.368 e. The van der Waals surface area contributed by atoms with Crippen molar-refractivity contribution in [2.75, 3.05) is 10.6 Å². The molecule has 3 aromatic rings. The summed E-state index contributed by atoms with van der Waals surface area (Å²) in [6, 6.07) is 13.9. The minimum Gasteiger partial charge on any atom is -0.368 e. The van der Waals surface area contributed by atoms with Gasteiger partial charge in [0, 0.05) is 21.4 Å². The first-order chi connectivity index (χ1) is 11.0. The van der Waals surface area contributed by atoms with E-state index in [9.17, 15) is 4.39 Å². The van der Waals surface area contributed by atoms with Crippen LogP contribution < -0.4 is 10.6 Å². The molecule has 2 N–H and O–H groups in total. The Kier molecular flexibility index (Phi) is 4.32. The second-order valence-corrected chi connectivity index (χ2v) is 5.57. The van der Waals surface area contributed by atoms with Crippen molar-refractivity contribution < 1.29 is 4.39 Å². The van der Waals surface area contributed by atoms with E-state index in [1.807, 2.05) is 0 Å². The smallest absolute Gasteiger partial charge is 0.222 e. The first kappa shape index (κ1) is 15.5. The van der Waals surface area contributed by atoms with E-state index in [0.29, 0.717) is 21.4 Å². The summed E-state index contributed by atoms with van der Waals surface area (Å²) >= 11 is 12.1. The summed E-state index contributed by atoms with van der Waals surface area (Å²) in [6.45, 7) is 0. The Morgan fingerprint density at radius 1 is 0.957 bits per heavy atom. The molecule has 0 aliphatic heterocycles. The quantitative estimate of drug-likeness (QED) is 0.725. The maximum Gasteiger partial charge on any atom is 0.222 e. The van der Waals surface area contributed by atoms with Crippen LogP contribution in [0.2, 0.25) is 10.0 Å². The molecule has 0 fully saturated rings. The summed E-state index contributed by atoms with van der Waals surface area (Å²) < 4.78 is 14.3. The fourth-order valence-electron chi connectivity index (χ4n) is 2.15. The molecule has 2 aromatic carbocycles. The molecule has 1 heterocycles. The Labute approximate surface area is 142 Å². The van der Waals surface area contributed by atoms with Crippen LogP contribution in [0.3, 0.4) is 0 Å². The second kappa shape index (κ2) is 6.40. The van der Waals surface area contributed by atoms with Gasteiger partial charge in [-0.05, 0) is 36.4 Å². The van der Waals surface area contributed by atoms with E-state index in [0.717, 1.165) is 6.20 Å². The van der Waals surface area contributed by atoms with Gasteiger partial charge in [-0.25, -0.2) is 9.37 Å². The summed E-state index contributed by atoms with van der Waals surface area (Å²) in [5.41, 5.74) is 6.86. The number of hydrogen-bond donors (Lipinski definition) is 1. The van der Waals surface area contributed by atoms with E-state index >= 15 is 0 Å². The molecule has 0 atom stereocenters. The molecule has 0 saturated heterocycles. The first-order valence-electron chi connectivity index (χ1n) is 6.64. The zero-order valence-corrected chi connectivity index (χ0v) is 13.3. The third kappa shape index (κ3) is 3.36. The predicted octanol–water partition coefficient (Wildman–Crippen LogP) is 4.97. The average Bonchev–Trinajstić information content (AvgIpc) is 2.51. The Morgan fingerprint density at radius 3 is 2.04 bits per heavy atom. The van der Waals surface area contributed by atoms with Gasteiger partial charge >= 0.3 is 0 Å². The van der Waals surface area contributed by atoms with E-state index in [1.165, 1.54) is 0 Å². The first-order valence-corrected chi connectivity index (χ1v) is 7.39. The Balaban J connectivity index is 2.23. The van der Waals surface area contributed by atoms with Crippen molar-refractivity contribution in [3.05, 3.63) is 70.6 Å². The van der Waals surface area contributed by atoms with Gasteiger partial charge in [0.15, 0.2) is 11.6 Å². The second-order valence-electron chi connectivity index (χ2n) is 4.69. The van der Waals surface area contributed by atoms with Crippen molar-refractivity contribution in [3.63, 3.8) is 0 Å². The molecule has 4 nitrogen and oxygen atoms in total.